The van der Waals surface area contributed by atoms with E-state index in [1.54, 1.807) is 12.1 Å². The highest BCUT2D eigenvalue weighted by Gasteiger charge is 2.25. The molecule has 1 aliphatic heterocycles. The number of benzene rings is 1. The van der Waals surface area contributed by atoms with Gasteiger partial charge in [0, 0.05) is 25.0 Å². The molecule has 0 bridgehead atoms. The van der Waals surface area contributed by atoms with E-state index in [4.69, 9.17) is 0 Å². The zero-order valence-electron chi connectivity index (χ0n) is 13.8. The van der Waals surface area contributed by atoms with E-state index in [0.29, 0.717) is 23.8 Å². The van der Waals surface area contributed by atoms with E-state index in [0.717, 1.165) is 37.4 Å². The van der Waals surface area contributed by atoms with Crippen LogP contribution in [0, 0.1) is 11.7 Å². The van der Waals surface area contributed by atoms with E-state index < -0.39 is 0 Å². The molecule has 6 heteroatoms. The average Bonchev–Trinajstić information content (AvgIpc) is 3.23. The smallest absolute Gasteiger partial charge is 0.270 e. The number of hydrogen-bond acceptors (Lipinski definition) is 4. The van der Waals surface area contributed by atoms with Crippen LogP contribution >= 0.6 is 11.3 Å². The minimum Gasteiger partial charge on any atom is -0.369 e. The van der Waals surface area contributed by atoms with Crippen LogP contribution in [-0.2, 0) is 6.42 Å². The third kappa shape index (κ3) is 3.93. The molecule has 1 aromatic heterocycles. The van der Waals surface area contributed by atoms with Gasteiger partial charge < -0.3 is 10.2 Å². The number of anilines is 1. The second kappa shape index (κ2) is 7.75. The maximum absolute atomic E-state index is 13.9. The van der Waals surface area contributed by atoms with Gasteiger partial charge in [-0.05, 0) is 37.3 Å². The van der Waals surface area contributed by atoms with Crippen LogP contribution in [0.25, 0.3) is 0 Å². The van der Waals surface area contributed by atoms with Crippen molar-refractivity contribution in [1.82, 2.24) is 10.3 Å². The lowest BCUT2D eigenvalue weighted by Crippen LogP contribution is -2.31. The van der Waals surface area contributed by atoms with Crippen molar-refractivity contribution in [3.8, 4) is 0 Å². The molecule has 24 heavy (non-hydrogen) atoms. The number of carbonyl (C=O) groups is 1. The number of nitrogens with one attached hydrogen (secondary N) is 1. The summed E-state index contributed by atoms with van der Waals surface area (Å²) < 4.78 is 13.9. The number of aryl methyl sites for hydroxylation is 1. The lowest BCUT2D eigenvalue weighted by molar-refractivity contribution is 0.0944. The lowest BCUT2D eigenvalue weighted by Gasteiger charge is -2.19. The van der Waals surface area contributed by atoms with E-state index >= 15 is 0 Å². The summed E-state index contributed by atoms with van der Waals surface area (Å²) >= 11 is 1.54. The summed E-state index contributed by atoms with van der Waals surface area (Å²) in [7, 11) is 0. The van der Waals surface area contributed by atoms with Gasteiger partial charge in [-0.2, -0.15) is 0 Å². The van der Waals surface area contributed by atoms with Crippen LogP contribution in [0.2, 0.25) is 0 Å². The molecule has 1 fully saturated rings. The molecule has 2 heterocycles. The van der Waals surface area contributed by atoms with Crippen molar-refractivity contribution in [3.63, 3.8) is 0 Å². The van der Waals surface area contributed by atoms with Crippen LogP contribution in [0.5, 0.6) is 0 Å². The Bertz CT molecular complexity index is 703. The molecule has 3 rings (SSSR count). The molecule has 1 atom stereocenters. The van der Waals surface area contributed by atoms with Gasteiger partial charge in [0.2, 0.25) is 0 Å². The van der Waals surface area contributed by atoms with Crippen molar-refractivity contribution in [2.24, 2.45) is 5.92 Å². The number of carbonyl (C=O) groups excluding carboxylic acids is 1. The fourth-order valence-corrected chi connectivity index (χ4v) is 3.88. The fraction of sp³-hybridized carbons (Fsp3) is 0.444. The Balaban J connectivity index is 1.50. The minimum atomic E-state index is -0.187. The predicted molar refractivity (Wildman–Crippen MR) is 95.2 cm³/mol. The molecule has 0 unspecified atom stereocenters. The second-order valence-electron chi connectivity index (χ2n) is 6.14. The average molecular weight is 347 g/mol. The quantitative estimate of drug-likeness (QED) is 0.870. The third-order valence-electron chi connectivity index (χ3n) is 4.28. The lowest BCUT2D eigenvalue weighted by atomic mass is 10.1. The highest BCUT2D eigenvalue weighted by molar-refractivity contribution is 7.09. The molecule has 1 amide bonds. The summed E-state index contributed by atoms with van der Waals surface area (Å²) in [6.07, 6.45) is 2.90. The standard InChI is InChI=1S/C18H22FN3OS/c1-2-5-17-21-15(12-24-17)18(23)20-10-13-8-9-22(11-13)16-7-4-3-6-14(16)19/h3-4,6-7,12-13H,2,5,8-11H2,1H3,(H,20,23)/t13-/m0/s1. The highest BCUT2D eigenvalue weighted by Crippen LogP contribution is 2.25. The highest BCUT2D eigenvalue weighted by atomic mass is 32.1. The first-order chi connectivity index (χ1) is 11.7. The van der Waals surface area contributed by atoms with Crippen LogP contribution in [-0.4, -0.2) is 30.5 Å². The van der Waals surface area contributed by atoms with E-state index in [9.17, 15) is 9.18 Å². The van der Waals surface area contributed by atoms with Crippen LogP contribution in [0.4, 0.5) is 10.1 Å². The number of nitrogens with zero attached hydrogens (tertiary/aromatic N) is 2. The molecule has 1 aliphatic rings. The SMILES string of the molecule is CCCc1nc(C(=O)NC[C@@H]2CCN(c3ccccc3F)C2)cs1. The number of rotatable bonds is 6. The van der Waals surface area contributed by atoms with Crippen molar-refractivity contribution in [1.29, 1.82) is 0 Å². The molecule has 1 N–H and O–H groups in total. The van der Waals surface area contributed by atoms with Crippen molar-refractivity contribution in [2.75, 3.05) is 24.5 Å². The Morgan fingerprint density at radius 1 is 1.46 bits per heavy atom. The Hall–Kier alpha value is -1.95. The number of para-hydroxylation sites is 1. The van der Waals surface area contributed by atoms with Gasteiger partial charge in [-0.3, -0.25) is 4.79 Å². The van der Waals surface area contributed by atoms with E-state index in [1.165, 1.54) is 17.4 Å². The van der Waals surface area contributed by atoms with Gasteiger partial charge in [-0.15, -0.1) is 11.3 Å². The molecule has 2 aromatic rings. The van der Waals surface area contributed by atoms with Crippen molar-refractivity contribution in [3.05, 3.63) is 46.2 Å². The number of amides is 1. The van der Waals surface area contributed by atoms with Gasteiger partial charge in [0.25, 0.3) is 5.91 Å². The summed E-state index contributed by atoms with van der Waals surface area (Å²) in [6, 6.07) is 6.85. The molecular formula is C18H22FN3OS. The van der Waals surface area contributed by atoms with Crippen LogP contribution in [0.15, 0.2) is 29.6 Å². The third-order valence-corrected chi connectivity index (χ3v) is 5.19. The van der Waals surface area contributed by atoms with Gasteiger partial charge in [-0.25, -0.2) is 9.37 Å². The normalized spacial score (nSPS) is 17.2. The zero-order chi connectivity index (χ0) is 16.9. The Kier molecular flexibility index (Phi) is 5.45. The topological polar surface area (TPSA) is 45.2 Å². The van der Waals surface area contributed by atoms with Crippen LogP contribution in [0.1, 0.15) is 35.3 Å². The number of halogens is 1. The first-order valence-corrected chi connectivity index (χ1v) is 9.27. The summed E-state index contributed by atoms with van der Waals surface area (Å²) in [4.78, 5) is 18.6. The fourth-order valence-electron chi connectivity index (χ4n) is 3.00. The maximum atomic E-state index is 13.9. The molecule has 1 saturated heterocycles. The summed E-state index contributed by atoms with van der Waals surface area (Å²) in [5, 5.41) is 5.80. The number of aromatic nitrogens is 1. The van der Waals surface area contributed by atoms with Gasteiger partial charge in [-0.1, -0.05) is 19.1 Å². The molecular weight excluding hydrogens is 325 g/mol. The zero-order valence-corrected chi connectivity index (χ0v) is 14.6. The van der Waals surface area contributed by atoms with Gasteiger partial charge in [0.1, 0.15) is 11.5 Å². The summed E-state index contributed by atoms with van der Waals surface area (Å²) in [6.45, 7) is 4.28. The molecule has 0 spiro atoms. The van der Waals surface area contributed by atoms with Crippen molar-refractivity contribution < 1.29 is 9.18 Å². The van der Waals surface area contributed by atoms with E-state index in [2.05, 4.69) is 17.2 Å². The van der Waals surface area contributed by atoms with Crippen molar-refractivity contribution >= 4 is 22.9 Å². The Morgan fingerprint density at radius 2 is 2.29 bits per heavy atom. The van der Waals surface area contributed by atoms with Crippen molar-refractivity contribution in [2.45, 2.75) is 26.2 Å². The first-order valence-electron chi connectivity index (χ1n) is 8.39. The summed E-state index contributed by atoms with van der Waals surface area (Å²) in [5.74, 6) is 0.0355. The van der Waals surface area contributed by atoms with Gasteiger partial charge in [0.15, 0.2) is 0 Å². The Labute approximate surface area is 145 Å². The molecule has 0 radical (unpaired) electrons. The van der Waals surface area contributed by atoms with Gasteiger partial charge in [0.05, 0.1) is 10.7 Å². The largest absolute Gasteiger partial charge is 0.369 e. The second-order valence-corrected chi connectivity index (χ2v) is 7.08. The van der Waals surface area contributed by atoms with Crippen LogP contribution < -0.4 is 10.2 Å². The molecule has 4 nitrogen and oxygen atoms in total. The molecule has 128 valence electrons. The molecule has 1 aromatic carbocycles. The Morgan fingerprint density at radius 3 is 3.08 bits per heavy atom. The number of thiazole rings is 1. The molecule has 0 aliphatic carbocycles. The maximum Gasteiger partial charge on any atom is 0.270 e. The van der Waals surface area contributed by atoms with Crippen LogP contribution in [0.3, 0.4) is 0 Å². The van der Waals surface area contributed by atoms with E-state index in [-0.39, 0.29) is 11.7 Å². The first kappa shape index (κ1) is 16.9. The monoisotopic (exact) mass is 347 g/mol. The minimum absolute atomic E-state index is 0.113. The predicted octanol–water partition coefficient (Wildman–Crippen LogP) is 3.49. The number of hydrogen-bond donors (Lipinski definition) is 1. The molecule has 0 saturated carbocycles. The van der Waals surface area contributed by atoms with E-state index in [1.807, 2.05) is 16.3 Å². The van der Waals surface area contributed by atoms with Gasteiger partial charge >= 0.3 is 0 Å². The summed E-state index contributed by atoms with van der Waals surface area (Å²) in [5.41, 5.74) is 1.16.